The summed E-state index contributed by atoms with van der Waals surface area (Å²) in [5.74, 6) is 2.96. The molecule has 0 bridgehead atoms. The summed E-state index contributed by atoms with van der Waals surface area (Å²) in [4.78, 5) is 15.9. The van der Waals surface area contributed by atoms with Crippen LogP contribution in [-0.2, 0) is 11.2 Å². The summed E-state index contributed by atoms with van der Waals surface area (Å²) >= 11 is 1.87. The highest BCUT2D eigenvalue weighted by Gasteiger charge is 2.23. The number of hydrogen-bond donors (Lipinski definition) is 0. The first-order valence-electron chi connectivity index (χ1n) is 6.11. The van der Waals surface area contributed by atoms with Crippen molar-refractivity contribution in [3.63, 3.8) is 0 Å². The number of aromatic nitrogens is 2. The van der Waals surface area contributed by atoms with Crippen LogP contribution in [0.4, 0.5) is 0 Å². The monoisotopic (exact) mass is 254 g/mol. The van der Waals surface area contributed by atoms with Gasteiger partial charge in [0, 0.05) is 6.42 Å². The van der Waals surface area contributed by atoms with E-state index in [-0.39, 0.29) is 12.2 Å². The first kappa shape index (κ1) is 12.6. The van der Waals surface area contributed by atoms with Crippen LogP contribution >= 0.6 is 11.8 Å². The van der Waals surface area contributed by atoms with Crippen molar-refractivity contribution in [1.29, 1.82) is 0 Å². The largest absolute Gasteiger partial charge is 0.339 e. The molecule has 1 unspecified atom stereocenters. The van der Waals surface area contributed by atoms with Crippen molar-refractivity contribution in [1.82, 2.24) is 10.1 Å². The average molecular weight is 254 g/mol. The Hall–Kier alpha value is -0.840. The molecule has 1 saturated heterocycles. The third-order valence-electron chi connectivity index (χ3n) is 2.69. The molecule has 5 heteroatoms. The molecular formula is C12H18N2O2S. The second-order valence-corrected chi connectivity index (χ2v) is 6.17. The van der Waals surface area contributed by atoms with Crippen molar-refractivity contribution in [3.8, 4) is 0 Å². The Kier molecular flexibility index (Phi) is 4.20. The maximum absolute atomic E-state index is 11.6. The Balaban J connectivity index is 1.91. The summed E-state index contributed by atoms with van der Waals surface area (Å²) in [6, 6.07) is 0. The smallest absolute Gasteiger partial charge is 0.234 e. The SMILES string of the molecule is CC(C)CC(=O)Cc1nc(C2CCCS2)no1. The molecule has 1 aliphatic rings. The predicted octanol–water partition coefficient (Wildman–Crippen LogP) is 2.80. The van der Waals surface area contributed by atoms with Gasteiger partial charge in [-0.3, -0.25) is 4.79 Å². The minimum absolute atomic E-state index is 0.175. The lowest BCUT2D eigenvalue weighted by atomic mass is 10.1. The predicted molar refractivity (Wildman–Crippen MR) is 66.9 cm³/mol. The molecule has 0 saturated carbocycles. The van der Waals surface area contributed by atoms with Crippen LogP contribution in [0.15, 0.2) is 4.52 Å². The van der Waals surface area contributed by atoms with Crippen molar-refractivity contribution in [2.75, 3.05) is 5.75 Å². The van der Waals surface area contributed by atoms with Gasteiger partial charge in [0.15, 0.2) is 5.82 Å². The zero-order valence-electron chi connectivity index (χ0n) is 10.3. The number of ketones is 1. The fourth-order valence-corrected chi connectivity index (χ4v) is 3.14. The van der Waals surface area contributed by atoms with Crippen LogP contribution in [-0.4, -0.2) is 21.7 Å². The lowest BCUT2D eigenvalue weighted by molar-refractivity contribution is -0.119. The summed E-state index contributed by atoms with van der Waals surface area (Å²) in [5, 5.41) is 4.34. The third-order valence-corrected chi connectivity index (χ3v) is 4.06. The number of carbonyl (C=O) groups is 1. The zero-order valence-corrected chi connectivity index (χ0v) is 11.1. The fraction of sp³-hybridized carbons (Fsp3) is 0.750. The van der Waals surface area contributed by atoms with E-state index < -0.39 is 0 Å². The van der Waals surface area contributed by atoms with Gasteiger partial charge in [0.05, 0.1) is 11.7 Å². The quantitative estimate of drug-likeness (QED) is 0.808. The molecule has 2 rings (SSSR count). The second kappa shape index (κ2) is 5.67. The molecule has 17 heavy (non-hydrogen) atoms. The molecule has 0 radical (unpaired) electrons. The van der Waals surface area contributed by atoms with Gasteiger partial charge in [0.1, 0.15) is 5.78 Å². The van der Waals surface area contributed by atoms with E-state index in [1.165, 1.54) is 12.2 Å². The van der Waals surface area contributed by atoms with E-state index in [0.29, 0.717) is 23.5 Å². The normalized spacial score (nSPS) is 20.1. The first-order valence-corrected chi connectivity index (χ1v) is 7.16. The Morgan fingerprint density at radius 2 is 2.41 bits per heavy atom. The first-order chi connectivity index (χ1) is 8.15. The van der Waals surface area contributed by atoms with Crippen LogP contribution in [0.3, 0.4) is 0 Å². The molecule has 1 fully saturated rings. The number of Topliss-reactive ketones (excluding diaryl/α,β-unsaturated/α-hetero) is 1. The van der Waals surface area contributed by atoms with Gasteiger partial charge >= 0.3 is 0 Å². The Labute approximate surface area is 106 Å². The van der Waals surface area contributed by atoms with Gasteiger partial charge in [-0.2, -0.15) is 16.7 Å². The van der Waals surface area contributed by atoms with Crippen LogP contribution in [0.5, 0.6) is 0 Å². The Bertz CT molecular complexity index is 384. The third kappa shape index (κ3) is 3.56. The average Bonchev–Trinajstić information content (AvgIpc) is 2.84. The Morgan fingerprint density at radius 1 is 1.59 bits per heavy atom. The van der Waals surface area contributed by atoms with Crippen LogP contribution in [0, 0.1) is 5.92 Å². The van der Waals surface area contributed by atoms with Gasteiger partial charge in [-0.1, -0.05) is 19.0 Å². The highest BCUT2D eigenvalue weighted by molar-refractivity contribution is 7.99. The second-order valence-electron chi connectivity index (χ2n) is 4.86. The van der Waals surface area contributed by atoms with E-state index in [0.717, 1.165) is 12.2 Å². The standard InChI is InChI=1S/C12H18N2O2S/c1-8(2)6-9(15)7-11-13-12(14-16-11)10-4-3-5-17-10/h8,10H,3-7H2,1-2H3. The minimum atomic E-state index is 0.175. The van der Waals surface area contributed by atoms with Gasteiger partial charge in [0.25, 0.3) is 0 Å². The van der Waals surface area contributed by atoms with Gasteiger partial charge in [-0.15, -0.1) is 0 Å². The highest BCUT2D eigenvalue weighted by atomic mass is 32.2. The molecule has 2 heterocycles. The summed E-state index contributed by atoms with van der Waals surface area (Å²) in [6.45, 7) is 4.07. The molecule has 0 N–H and O–H groups in total. The number of carbonyl (C=O) groups excluding carboxylic acids is 1. The molecule has 1 atom stereocenters. The van der Waals surface area contributed by atoms with Crippen LogP contribution in [0.2, 0.25) is 0 Å². The number of rotatable bonds is 5. The molecule has 0 aliphatic carbocycles. The summed E-state index contributed by atoms with van der Waals surface area (Å²) in [6.07, 6.45) is 3.19. The van der Waals surface area contributed by atoms with Crippen LogP contribution in [0.25, 0.3) is 0 Å². The van der Waals surface area contributed by atoms with Crippen molar-refractivity contribution in [3.05, 3.63) is 11.7 Å². The van der Waals surface area contributed by atoms with Gasteiger partial charge in [-0.05, 0) is 24.5 Å². The number of nitrogens with zero attached hydrogens (tertiary/aromatic N) is 2. The van der Waals surface area contributed by atoms with E-state index in [4.69, 9.17) is 4.52 Å². The zero-order chi connectivity index (χ0) is 12.3. The molecule has 1 aliphatic heterocycles. The van der Waals surface area contributed by atoms with E-state index in [1.807, 2.05) is 25.6 Å². The molecule has 1 aromatic rings. The lowest BCUT2D eigenvalue weighted by Gasteiger charge is -2.00. The molecule has 0 aromatic carbocycles. The molecule has 94 valence electrons. The maximum Gasteiger partial charge on any atom is 0.234 e. The lowest BCUT2D eigenvalue weighted by Crippen LogP contribution is -2.06. The topological polar surface area (TPSA) is 56.0 Å². The number of thioether (sulfide) groups is 1. The van der Waals surface area contributed by atoms with Crippen LogP contribution in [0.1, 0.15) is 50.1 Å². The molecule has 0 amide bonds. The van der Waals surface area contributed by atoms with Crippen molar-refractivity contribution >= 4 is 17.5 Å². The van der Waals surface area contributed by atoms with Crippen molar-refractivity contribution in [2.45, 2.75) is 44.8 Å². The molecular weight excluding hydrogens is 236 g/mol. The Morgan fingerprint density at radius 3 is 3.06 bits per heavy atom. The van der Waals surface area contributed by atoms with E-state index >= 15 is 0 Å². The number of hydrogen-bond acceptors (Lipinski definition) is 5. The maximum atomic E-state index is 11.6. The van der Waals surface area contributed by atoms with Crippen molar-refractivity contribution in [2.24, 2.45) is 5.92 Å². The fourth-order valence-electron chi connectivity index (χ4n) is 1.95. The van der Waals surface area contributed by atoms with E-state index in [9.17, 15) is 4.79 Å². The van der Waals surface area contributed by atoms with E-state index in [1.54, 1.807) is 0 Å². The van der Waals surface area contributed by atoms with E-state index in [2.05, 4.69) is 10.1 Å². The summed E-state index contributed by atoms with van der Waals surface area (Å²) < 4.78 is 5.13. The van der Waals surface area contributed by atoms with Crippen LogP contribution < -0.4 is 0 Å². The van der Waals surface area contributed by atoms with Crippen molar-refractivity contribution < 1.29 is 9.32 Å². The molecule has 4 nitrogen and oxygen atoms in total. The highest BCUT2D eigenvalue weighted by Crippen LogP contribution is 2.38. The summed E-state index contributed by atoms with van der Waals surface area (Å²) in [5.41, 5.74) is 0. The van der Waals surface area contributed by atoms with Gasteiger partial charge in [-0.25, -0.2) is 0 Å². The van der Waals surface area contributed by atoms with Gasteiger partial charge in [0.2, 0.25) is 5.89 Å². The molecule has 1 aromatic heterocycles. The minimum Gasteiger partial charge on any atom is -0.339 e. The summed E-state index contributed by atoms with van der Waals surface area (Å²) in [7, 11) is 0. The molecule has 0 spiro atoms. The van der Waals surface area contributed by atoms with Gasteiger partial charge < -0.3 is 4.52 Å².